The van der Waals surface area contributed by atoms with Crippen molar-refractivity contribution in [2.24, 2.45) is 0 Å². The molecule has 0 saturated carbocycles. The molecule has 0 aromatic heterocycles. The molecule has 9 heteroatoms. The van der Waals surface area contributed by atoms with Crippen molar-refractivity contribution in [3.8, 4) is 11.5 Å². The van der Waals surface area contributed by atoms with E-state index in [1.54, 1.807) is 55.7 Å². The number of nitrogens with zero attached hydrogens (tertiary/aromatic N) is 2. The topological polar surface area (TPSA) is 68.3 Å². The maximum absolute atomic E-state index is 13.3. The lowest BCUT2D eigenvalue weighted by Gasteiger charge is -2.19. The zero-order valence-electron chi connectivity index (χ0n) is 16.5. The molecule has 0 radical (unpaired) electrons. The van der Waals surface area contributed by atoms with Crippen LogP contribution in [0.25, 0.3) is 6.08 Å². The third kappa shape index (κ3) is 4.24. The number of carbonyl (C=O) groups excluding carboxylic acids is 2. The highest BCUT2D eigenvalue weighted by atomic mass is 35.5. The van der Waals surface area contributed by atoms with E-state index in [1.807, 2.05) is 0 Å². The Kier molecular flexibility index (Phi) is 6.59. The molecule has 0 atom stereocenters. The number of benzene rings is 2. The number of amides is 1. The summed E-state index contributed by atoms with van der Waals surface area (Å²) < 4.78 is 15.4. The van der Waals surface area contributed by atoms with Crippen LogP contribution in [0.4, 0.5) is 5.69 Å². The van der Waals surface area contributed by atoms with Gasteiger partial charge in [-0.15, -0.1) is 0 Å². The predicted molar refractivity (Wildman–Crippen MR) is 118 cm³/mol. The fourth-order valence-corrected chi connectivity index (χ4v) is 3.41. The van der Waals surface area contributed by atoms with Gasteiger partial charge in [0.2, 0.25) is 0 Å². The second-order valence-corrected chi connectivity index (χ2v) is 7.00. The van der Waals surface area contributed by atoms with Gasteiger partial charge < -0.3 is 19.1 Å². The molecule has 1 heterocycles. The van der Waals surface area contributed by atoms with Crippen LogP contribution in [0.3, 0.4) is 0 Å². The second kappa shape index (κ2) is 9.15. The van der Waals surface area contributed by atoms with E-state index < -0.39 is 5.97 Å². The first kappa shape index (κ1) is 21.6. The molecule has 0 unspecified atom stereocenters. The standard InChI is InChI=1S/C21H19ClN2O5S/c1-27-16-9-4-13(18(11-16)28-2)10-17-20(26)24(15-7-5-14(22)6-8-15)21(30)23(17)12-19(25)29-3/h4-11H,12H2,1-3H3/b17-10-. The van der Waals surface area contributed by atoms with Gasteiger partial charge >= 0.3 is 5.97 Å². The van der Waals surface area contributed by atoms with Crippen LogP contribution >= 0.6 is 23.8 Å². The summed E-state index contributed by atoms with van der Waals surface area (Å²) >= 11 is 11.5. The number of methoxy groups -OCH3 is 3. The van der Waals surface area contributed by atoms with Crippen molar-refractivity contribution < 1.29 is 23.8 Å². The lowest BCUT2D eigenvalue weighted by Crippen LogP contribution is -2.35. The molecule has 2 aromatic carbocycles. The molecule has 2 aromatic rings. The molecular formula is C21H19ClN2O5S. The van der Waals surface area contributed by atoms with E-state index in [0.29, 0.717) is 27.8 Å². The van der Waals surface area contributed by atoms with Crippen LogP contribution in [0, 0.1) is 0 Å². The number of hydrogen-bond acceptors (Lipinski definition) is 6. The second-order valence-electron chi connectivity index (χ2n) is 6.20. The van der Waals surface area contributed by atoms with E-state index in [9.17, 15) is 9.59 Å². The van der Waals surface area contributed by atoms with Gasteiger partial charge in [0.25, 0.3) is 5.91 Å². The fourth-order valence-electron chi connectivity index (χ4n) is 2.93. The highest BCUT2D eigenvalue weighted by molar-refractivity contribution is 7.80. The third-order valence-electron chi connectivity index (χ3n) is 4.47. The zero-order chi connectivity index (χ0) is 21.8. The van der Waals surface area contributed by atoms with Gasteiger partial charge in [-0.1, -0.05) is 11.6 Å². The van der Waals surface area contributed by atoms with Crippen molar-refractivity contribution in [2.75, 3.05) is 32.8 Å². The SMILES string of the molecule is COC(=O)CN1C(=S)N(c2ccc(Cl)cc2)C(=O)/C1=C/c1ccc(OC)cc1OC. The van der Waals surface area contributed by atoms with Crippen molar-refractivity contribution in [2.45, 2.75) is 0 Å². The van der Waals surface area contributed by atoms with Crippen LogP contribution in [0.2, 0.25) is 5.02 Å². The molecule has 0 N–H and O–H groups in total. The molecule has 0 aliphatic carbocycles. The molecule has 156 valence electrons. The molecule has 1 amide bonds. The van der Waals surface area contributed by atoms with Gasteiger partial charge in [-0.2, -0.15) is 0 Å². The Morgan fingerprint density at radius 3 is 2.40 bits per heavy atom. The minimum atomic E-state index is -0.532. The van der Waals surface area contributed by atoms with E-state index in [0.717, 1.165) is 0 Å². The van der Waals surface area contributed by atoms with E-state index in [2.05, 4.69) is 0 Å². The molecule has 1 saturated heterocycles. The summed E-state index contributed by atoms with van der Waals surface area (Å²) in [5.41, 5.74) is 1.37. The van der Waals surface area contributed by atoms with E-state index in [4.69, 9.17) is 38.0 Å². The summed E-state index contributed by atoms with van der Waals surface area (Å²) in [7, 11) is 4.34. The minimum Gasteiger partial charge on any atom is -0.497 e. The highest BCUT2D eigenvalue weighted by Crippen LogP contribution is 2.32. The van der Waals surface area contributed by atoms with Crippen LogP contribution < -0.4 is 14.4 Å². The average Bonchev–Trinajstić information content (AvgIpc) is 2.98. The summed E-state index contributed by atoms with van der Waals surface area (Å²) in [5, 5.41) is 0.688. The van der Waals surface area contributed by atoms with Gasteiger partial charge in [0.05, 0.1) is 27.0 Å². The maximum Gasteiger partial charge on any atom is 0.325 e. The van der Waals surface area contributed by atoms with Crippen molar-refractivity contribution >= 4 is 52.6 Å². The first-order chi connectivity index (χ1) is 14.4. The van der Waals surface area contributed by atoms with Crippen LogP contribution in [0.1, 0.15) is 5.56 Å². The van der Waals surface area contributed by atoms with Gasteiger partial charge in [-0.05, 0) is 54.7 Å². The lowest BCUT2D eigenvalue weighted by molar-refractivity contribution is -0.140. The normalized spacial score (nSPS) is 15.0. The molecule has 1 aliphatic heterocycles. The van der Waals surface area contributed by atoms with Crippen LogP contribution in [0.15, 0.2) is 48.2 Å². The molecule has 1 aliphatic rings. The summed E-state index contributed by atoms with van der Waals surface area (Å²) in [5.74, 6) is 0.194. The number of ether oxygens (including phenoxy) is 3. The fraction of sp³-hybridized carbons (Fsp3) is 0.190. The van der Waals surface area contributed by atoms with Crippen LogP contribution in [-0.4, -0.2) is 49.8 Å². The number of halogens is 1. The largest absolute Gasteiger partial charge is 0.497 e. The molecule has 0 bridgehead atoms. The molecular weight excluding hydrogens is 428 g/mol. The summed E-state index contributed by atoms with van der Waals surface area (Å²) in [6.07, 6.45) is 1.62. The molecule has 30 heavy (non-hydrogen) atoms. The van der Waals surface area contributed by atoms with Gasteiger partial charge in [0.15, 0.2) is 5.11 Å². The van der Waals surface area contributed by atoms with Crippen LogP contribution in [-0.2, 0) is 14.3 Å². The van der Waals surface area contributed by atoms with Gasteiger partial charge in [0, 0.05) is 16.7 Å². The Balaban J connectivity index is 2.08. The van der Waals surface area contributed by atoms with Crippen molar-refractivity contribution in [1.29, 1.82) is 0 Å². The van der Waals surface area contributed by atoms with Gasteiger partial charge in [-0.25, -0.2) is 0 Å². The van der Waals surface area contributed by atoms with Crippen molar-refractivity contribution in [3.63, 3.8) is 0 Å². The lowest BCUT2D eigenvalue weighted by atomic mass is 10.1. The smallest absolute Gasteiger partial charge is 0.325 e. The summed E-state index contributed by atoms with van der Waals surface area (Å²) in [6, 6.07) is 11.9. The zero-order valence-corrected chi connectivity index (χ0v) is 18.1. The highest BCUT2D eigenvalue weighted by Gasteiger charge is 2.40. The first-order valence-corrected chi connectivity index (χ1v) is 9.60. The van der Waals surface area contributed by atoms with Gasteiger partial charge in [-0.3, -0.25) is 14.5 Å². The van der Waals surface area contributed by atoms with Crippen molar-refractivity contribution in [1.82, 2.24) is 4.90 Å². The van der Waals surface area contributed by atoms with Crippen LogP contribution in [0.5, 0.6) is 11.5 Å². The maximum atomic E-state index is 13.3. The predicted octanol–water partition coefficient (Wildman–Crippen LogP) is 3.50. The Morgan fingerprint density at radius 1 is 1.10 bits per heavy atom. The number of hydrogen-bond donors (Lipinski definition) is 0. The minimum absolute atomic E-state index is 0.159. The first-order valence-electron chi connectivity index (χ1n) is 8.81. The number of anilines is 1. The van der Waals surface area contributed by atoms with E-state index in [1.165, 1.54) is 24.0 Å². The number of rotatable bonds is 6. The van der Waals surface area contributed by atoms with Crippen molar-refractivity contribution in [3.05, 3.63) is 58.7 Å². The number of esters is 1. The van der Waals surface area contributed by atoms with E-state index >= 15 is 0 Å². The van der Waals surface area contributed by atoms with Gasteiger partial charge in [0.1, 0.15) is 23.7 Å². The molecule has 7 nitrogen and oxygen atoms in total. The molecule has 3 rings (SSSR count). The molecule has 1 fully saturated rings. The van der Waals surface area contributed by atoms with E-state index in [-0.39, 0.29) is 23.3 Å². The summed E-state index contributed by atoms with van der Waals surface area (Å²) in [4.78, 5) is 28.0. The molecule has 0 spiro atoms. The Labute approximate surface area is 184 Å². The Bertz CT molecular complexity index is 1020. The number of carbonyl (C=O) groups is 2. The quantitative estimate of drug-likeness (QED) is 0.382. The monoisotopic (exact) mass is 446 g/mol. The third-order valence-corrected chi connectivity index (χ3v) is 5.12. The Morgan fingerprint density at radius 2 is 1.80 bits per heavy atom. The number of thiocarbonyl (C=S) groups is 1. The summed E-state index contributed by atoms with van der Waals surface area (Å²) in [6.45, 7) is -0.213. The average molecular weight is 447 g/mol. The Hall–Kier alpha value is -3.10.